The summed E-state index contributed by atoms with van der Waals surface area (Å²) >= 11 is 0. The number of amides is 1. The van der Waals surface area contributed by atoms with Gasteiger partial charge in [-0.25, -0.2) is 0 Å². The summed E-state index contributed by atoms with van der Waals surface area (Å²) in [6.07, 6.45) is 0. The Bertz CT molecular complexity index is 615. The molecule has 1 amide bonds. The van der Waals surface area contributed by atoms with E-state index in [1.54, 1.807) is 37.9 Å². The molecule has 0 aromatic carbocycles. The van der Waals surface area contributed by atoms with Gasteiger partial charge < -0.3 is 19.2 Å². The van der Waals surface area contributed by atoms with Gasteiger partial charge in [-0.1, -0.05) is 5.92 Å². The zero-order chi connectivity index (χ0) is 17.7. The van der Waals surface area contributed by atoms with Gasteiger partial charge in [-0.3, -0.25) is 9.69 Å². The van der Waals surface area contributed by atoms with Crippen molar-refractivity contribution < 1.29 is 19.1 Å². The highest BCUT2D eigenvalue weighted by molar-refractivity contribution is 5.91. The van der Waals surface area contributed by atoms with Crippen LogP contribution in [0.4, 0.5) is 0 Å². The zero-order valence-electron chi connectivity index (χ0n) is 14.8. The third-order valence-electron chi connectivity index (χ3n) is 3.86. The van der Waals surface area contributed by atoms with Crippen molar-refractivity contribution in [1.82, 2.24) is 9.80 Å². The van der Waals surface area contributed by atoms with E-state index in [1.807, 2.05) is 0 Å². The Morgan fingerprint density at radius 3 is 2.71 bits per heavy atom. The second kappa shape index (κ2) is 7.84. The lowest BCUT2D eigenvalue weighted by Crippen LogP contribution is -2.47. The number of ether oxygens (including phenoxy) is 1. The molecular formula is C18H26N2O4. The van der Waals surface area contributed by atoms with E-state index in [1.165, 1.54) is 0 Å². The molecule has 132 valence electrons. The lowest BCUT2D eigenvalue weighted by Gasteiger charge is -2.34. The van der Waals surface area contributed by atoms with E-state index < -0.39 is 5.60 Å². The van der Waals surface area contributed by atoms with Crippen molar-refractivity contribution in [3.8, 4) is 11.8 Å². The van der Waals surface area contributed by atoms with Crippen molar-refractivity contribution in [3.63, 3.8) is 0 Å². The van der Waals surface area contributed by atoms with Gasteiger partial charge in [0, 0.05) is 32.7 Å². The first-order chi connectivity index (χ1) is 11.3. The number of carbonyl (C=O) groups is 1. The van der Waals surface area contributed by atoms with Crippen molar-refractivity contribution >= 4 is 5.91 Å². The molecule has 0 bridgehead atoms. The van der Waals surface area contributed by atoms with E-state index in [2.05, 4.69) is 23.7 Å². The van der Waals surface area contributed by atoms with Crippen molar-refractivity contribution in [2.75, 3.05) is 39.9 Å². The third kappa shape index (κ3) is 5.38. The molecule has 1 aliphatic heterocycles. The molecule has 1 N–H and O–H groups in total. The minimum Gasteiger partial charge on any atom is -0.443 e. The van der Waals surface area contributed by atoms with E-state index in [9.17, 15) is 9.90 Å². The van der Waals surface area contributed by atoms with E-state index >= 15 is 0 Å². The van der Waals surface area contributed by atoms with Gasteiger partial charge in [0.2, 0.25) is 0 Å². The molecule has 6 nitrogen and oxygen atoms in total. The molecule has 1 aromatic heterocycles. The molecule has 1 unspecified atom stereocenters. The Hall–Kier alpha value is -1.81. The van der Waals surface area contributed by atoms with Gasteiger partial charge in [-0.15, -0.1) is 0 Å². The third-order valence-corrected chi connectivity index (χ3v) is 3.86. The van der Waals surface area contributed by atoms with Gasteiger partial charge in [0.15, 0.2) is 11.5 Å². The average Bonchev–Trinajstić information content (AvgIpc) is 3.01. The molecular weight excluding hydrogens is 308 g/mol. The number of likely N-dealkylation sites (N-methyl/N-ethyl adjacent to an activating group) is 1. The molecule has 0 aliphatic carbocycles. The topological polar surface area (TPSA) is 66.2 Å². The maximum absolute atomic E-state index is 12.5. The summed E-state index contributed by atoms with van der Waals surface area (Å²) in [6, 6.07) is 3.52. The fourth-order valence-electron chi connectivity index (χ4n) is 2.54. The standard InChI is InChI=1S/C18H26N2O4/c1-14(20-9-11-23-12-10-20)13-19(4)17(21)16-6-5-15(24-16)7-8-18(2,3)22/h5-6,14,22H,9-13H2,1-4H3. The van der Waals surface area contributed by atoms with Crippen LogP contribution in [-0.2, 0) is 4.74 Å². The molecule has 0 spiro atoms. The van der Waals surface area contributed by atoms with E-state index in [-0.39, 0.29) is 17.7 Å². The predicted octanol–water partition coefficient (Wildman–Crippen LogP) is 1.19. The number of nitrogens with zero attached hydrogens (tertiary/aromatic N) is 2. The molecule has 2 rings (SSSR count). The molecule has 1 fully saturated rings. The highest BCUT2D eigenvalue weighted by Gasteiger charge is 2.22. The molecule has 0 saturated carbocycles. The van der Waals surface area contributed by atoms with Crippen LogP contribution in [0.5, 0.6) is 0 Å². The van der Waals surface area contributed by atoms with Crippen LogP contribution in [0.3, 0.4) is 0 Å². The van der Waals surface area contributed by atoms with Gasteiger partial charge in [-0.05, 0) is 38.8 Å². The molecule has 1 saturated heterocycles. The molecule has 6 heteroatoms. The van der Waals surface area contributed by atoms with Crippen LogP contribution >= 0.6 is 0 Å². The summed E-state index contributed by atoms with van der Waals surface area (Å²) in [5, 5.41) is 9.60. The van der Waals surface area contributed by atoms with Crippen LogP contribution in [-0.4, -0.2) is 72.4 Å². The van der Waals surface area contributed by atoms with Crippen molar-refractivity contribution in [1.29, 1.82) is 0 Å². The van der Waals surface area contributed by atoms with Gasteiger partial charge in [0.25, 0.3) is 5.91 Å². The highest BCUT2D eigenvalue weighted by atomic mass is 16.5. The largest absolute Gasteiger partial charge is 0.443 e. The molecule has 2 heterocycles. The number of hydrogen-bond acceptors (Lipinski definition) is 5. The van der Waals surface area contributed by atoms with Crippen LogP contribution in [0, 0.1) is 11.8 Å². The van der Waals surface area contributed by atoms with Crippen LogP contribution < -0.4 is 0 Å². The summed E-state index contributed by atoms with van der Waals surface area (Å²) in [5.74, 6) is 5.85. The van der Waals surface area contributed by atoms with Crippen LogP contribution in [0.2, 0.25) is 0 Å². The normalized spacial score (nSPS) is 17.0. The Morgan fingerprint density at radius 1 is 1.42 bits per heavy atom. The SMILES string of the molecule is CC(CN(C)C(=O)c1ccc(C#CC(C)(C)O)o1)N1CCOCC1. The van der Waals surface area contributed by atoms with Gasteiger partial charge in [0.05, 0.1) is 13.2 Å². The van der Waals surface area contributed by atoms with Gasteiger partial charge in [0.1, 0.15) is 5.60 Å². The van der Waals surface area contributed by atoms with Crippen molar-refractivity contribution in [2.45, 2.75) is 32.4 Å². The van der Waals surface area contributed by atoms with Crippen LogP contribution in [0.25, 0.3) is 0 Å². The van der Waals surface area contributed by atoms with Gasteiger partial charge >= 0.3 is 0 Å². The summed E-state index contributed by atoms with van der Waals surface area (Å²) in [6.45, 7) is 9.17. The molecule has 24 heavy (non-hydrogen) atoms. The molecule has 1 aliphatic rings. The van der Waals surface area contributed by atoms with E-state index in [0.717, 1.165) is 26.3 Å². The Balaban J connectivity index is 1.95. The average molecular weight is 334 g/mol. The molecule has 0 radical (unpaired) electrons. The predicted molar refractivity (Wildman–Crippen MR) is 90.7 cm³/mol. The summed E-state index contributed by atoms with van der Waals surface area (Å²) in [4.78, 5) is 16.4. The maximum atomic E-state index is 12.5. The number of aliphatic hydroxyl groups is 1. The van der Waals surface area contributed by atoms with Crippen molar-refractivity contribution in [3.05, 3.63) is 23.7 Å². The first kappa shape index (κ1) is 18.5. The summed E-state index contributed by atoms with van der Waals surface area (Å²) in [7, 11) is 1.77. The van der Waals surface area contributed by atoms with Gasteiger partial charge in [-0.2, -0.15) is 0 Å². The fraction of sp³-hybridized carbons (Fsp3) is 0.611. The molecule has 1 aromatic rings. The first-order valence-corrected chi connectivity index (χ1v) is 8.19. The van der Waals surface area contributed by atoms with Crippen LogP contribution in [0.15, 0.2) is 16.5 Å². The quantitative estimate of drug-likeness (QED) is 0.838. The molecule has 1 atom stereocenters. The number of carbonyl (C=O) groups excluding carboxylic acids is 1. The minimum absolute atomic E-state index is 0.175. The monoisotopic (exact) mass is 334 g/mol. The number of morpholine rings is 1. The fourth-order valence-corrected chi connectivity index (χ4v) is 2.54. The zero-order valence-corrected chi connectivity index (χ0v) is 14.8. The highest BCUT2D eigenvalue weighted by Crippen LogP contribution is 2.12. The first-order valence-electron chi connectivity index (χ1n) is 8.19. The van der Waals surface area contributed by atoms with Crippen LogP contribution in [0.1, 0.15) is 37.1 Å². The Labute approximate surface area is 143 Å². The lowest BCUT2D eigenvalue weighted by atomic mass is 10.1. The second-order valence-electron chi connectivity index (χ2n) is 6.66. The number of furan rings is 1. The smallest absolute Gasteiger partial charge is 0.289 e. The second-order valence-corrected chi connectivity index (χ2v) is 6.66. The van der Waals surface area contributed by atoms with E-state index in [0.29, 0.717) is 12.3 Å². The summed E-state index contributed by atoms with van der Waals surface area (Å²) < 4.78 is 10.8. The Kier molecular flexibility index (Phi) is 6.05. The lowest BCUT2D eigenvalue weighted by molar-refractivity contribution is 0.0139. The minimum atomic E-state index is -1.10. The number of hydrogen-bond donors (Lipinski definition) is 1. The Morgan fingerprint density at radius 2 is 2.08 bits per heavy atom. The number of rotatable bonds is 4. The summed E-state index contributed by atoms with van der Waals surface area (Å²) in [5.41, 5.74) is -1.10. The van der Waals surface area contributed by atoms with E-state index in [4.69, 9.17) is 9.15 Å². The maximum Gasteiger partial charge on any atom is 0.289 e. The van der Waals surface area contributed by atoms with Crippen molar-refractivity contribution in [2.24, 2.45) is 0 Å².